The van der Waals surface area contributed by atoms with Crippen LogP contribution in [-0.4, -0.2) is 45.2 Å². The molecule has 34 heavy (non-hydrogen) atoms. The second-order valence-corrected chi connectivity index (χ2v) is 8.77. The van der Waals surface area contributed by atoms with E-state index < -0.39 is 4.92 Å². The zero-order valence-corrected chi connectivity index (χ0v) is 19.4. The van der Waals surface area contributed by atoms with E-state index in [4.69, 9.17) is 9.47 Å². The number of ether oxygens (including phenoxy) is 2. The Labute approximate surface area is 205 Å². The molecule has 7 heteroatoms. The van der Waals surface area contributed by atoms with E-state index in [1.165, 1.54) is 11.8 Å². The van der Waals surface area contributed by atoms with Gasteiger partial charge < -0.3 is 9.47 Å². The molecule has 190 valence electrons. The van der Waals surface area contributed by atoms with E-state index in [1.807, 2.05) is 12.1 Å². The summed E-state index contributed by atoms with van der Waals surface area (Å²) in [7, 11) is 6.32. The van der Waals surface area contributed by atoms with Gasteiger partial charge in [0.15, 0.2) is 5.75 Å². The first-order valence-electron chi connectivity index (χ1n) is 11.2. The van der Waals surface area contributed by atoms with Crippen molar-refractivity contribution in [2.75, 3.05) is 34.4 Å². The summed E-state index contributed by atoms with van der Waals surface area (Å²) in [5.74, 6) is 0.138. The lowest BCUT2D eigenvalue weighted by atomic mass is 10.1. The highest BCUT2D eigenvalue weighted by atomic mass is 16.6. The smallest absolute Gasteiger partial charge is 0.310 e. The van der Waals surface area contributed by atoms with E-state index in [1.54, 1.807) is 18.2 Å². The molecule has 0 heterocycles. The second kappa shape index (κ2) is 15.8. The fraction of sp³-hybridized carbons (Fsp3) is 0.519. The number of unbranched alkanes of at least 4 members (excludes halogenated alkanes) is 5. The number of carbonyl (C=O) groups excluding carboxylic acids is 1. The Balaban J connectivity index is 0.00000544. The van der Waals surface area contributed by atoms with Gasteiger partial charge in [-0.05, 0) is 36.6 Å². The molecule has 7 nitrogen and oxygen atoms in total. The van der Waals surface area contributed by atoms with Crippen LogP contribution < -0.4 is 9.22 Å². The predicted molar refractivity (Wildman–Crippen MR) is 140 cm³/mol. The number of hydrogen-bond donors (Lipinski definition) is 0. The fourth-order valence-electron chi connectivity index (χ4n) is 3.29. The number of hydrogen-bond acceptors (Lipinski definition) is 5. The largest absolute Gasteiger partial charge is 0.487 e. The zero-order chi connectivity index (χ0) is 23.4. The Morgan fingerprint density at radius 1 is 0.853 bits per heavy atom. The molecular formula is C27H43N2O5+. The zero-order valence-electron chi connectivity index (χ0n) is 19.4. The molecule has 0 saturated heterocycles. The Kier molecular flexibility index (Phi) is 14.5. The molecule has 2 aromatic rings. The molecule has 0 amide bonds. The van der Waals surface area contributed by atoms with Crippen molar-refractivity contribution >= 4 is 17.3 Å². The average Bonchev–Trinajstić information content (AvgIpc) is 2.75. The minimum Gasteiger partial charge on any atom is -0.487 e. The van der Waals surface area contributed by atoms with Gasteiger partial charge >= 0.3 is 11.7 Å². The van der Waals surface area contributed by atoms with Crippen LogP contribution in [0.3, 0.4) is 0 Å². The van der Waals surface area contributed by atoms with Gasteiger partial charge in [-0.15, -0.1) is 0 Å². The van der Waals surface area contributed by atoms with Crippen molar-refractivity contribution in [2.24, 2.45) is 0 Å². The predicted octanol–water partition coefficient (Wildman–Crippen LogP) is 6.57. The number of para-hydroxylation sites is 2. The minimum absolute atomic E-state index is 0. The van der Waals surface area contributed by atoms with Crippen molar-refractivity contribution in [2.45, 2.75) is 59.8 Å². The van der Waals surface area contributed by atoms with Crippen LogP contribution in [0, 0.1) is 10.1 Å². The molecule has 0 spiro atoms. The summed E-state index contributed by atoms with van der Waals surface area (Å²) < 4.78 is 11.6. The van der Waals surface area contributed by atoms with Gasteiger partial charge in [0.25, 0.3) is 0 Å². The third-order valence-corrected chi connectivity index (χ3v) is 5.18. The number of nitrogens with zero attached hydrogens (tertiary/aromatic N) is 2. The lowest BCUT2D eigenvalue weighted by Crippen LogP contribution is -2.34. The maximum Gasteiger partial charge on any atom is 0.310 e. The highest BCUT2D eigenvalue weighted by molar-refractivity contribution is 5.72. The number of esters is 1. The quantitative estimate of drug-likeness (QED) is 0.101. The van der Waals surface area contributed by atoms with E-state index in [-0.39, 0.29) is 26.5 Å². The van der Waals surface area contributed by atoms with E-state index in [2.05, 4.69) is 33.3 Å². The van der Waals surface area contributed by atoms with Gasteiger partial charge in [-0.2, -0.15) is 0 Å². The van der Waals surface area contributed by atoms with Crippen molar-refractivity contribution in [3.63, 3.8) is 0 Å². The van der Waals surface area contributed by atoms with Crippen LogP contribution in [0.25, 0.3) is 0 Å². The number of quaternary nitrogens is 1. The molecule has 2 rings (SSSR count). The van der Waals surface area contributed by atoms with Crippen molar-refractivity contribution in [3.05, 3.63) is 64.2 Å². The highest BCUT2D eigenvalue weighted by Crippen LogP contribution is 2.26. The fourth-order valence-corrected chi connectivity index (χ4v) is 3.29. The summed E-state index contributed by atoms with van der Waals surface area (Å²) in [6.45, 7) is 0.925. The second-order valence-electron chi connectivity index (χ2n) is 8.77. The molecule has 0 atom stereocenters. The molecule has 0 N–H and O–H groups in total. The average molecular weight is 476 g/mol. The van der Waals surface area contributed by atoms with Gasteiger partial charge in [0.05, 0.1) is 45.7 Å². The Morgan fingerprint density at radius 2 is 1.41 bits per heavy atom. The number of rotatable bonds is 14. The molecule has 0 aromatic heterocycles. The van der Waals surface area contributed by atoms with E-state index in [0.29, 0.717) is 25.4 Å². The summed E-state index contributed by atoms with van der Waals surface area (Å²) in [6.07, 6.45) is 6.16. The first-order valence-corrected chi connectivity index (χ1v) is 11.2. The van der Waals surface area contributed by atoms with Gasteiger partial charge in [-0.3, -0.25) is 19.4 Å². The number of benzene rings is 2. The number of nitro groups is 1. The van der Waals surface area contributed by atoms with E-state index in [0.717, 1.165) is 48.6 Å². The first kappa shape index (κ1) is 31.1. The molecular weight excluding hydrogens is 432 g/mol. The van der Waals surface area contributed by atoms with E-state index in [9.17, 15) is 14.9 Å². The number of carbonyl (C=O) groups is 1. The van der Waals surface area contributed by atoms with Crippen LogP contribution >= 0.6 is 0 Å². The maximum atomic E-state index is 12.0. The Hall–Kier alpha value is -2.93. The topological polar surface area (TPSA) is 78.7 Å². The van der Waals surface area contributed by atoms with Crippen molar-refractivity contribution < 1.29 is 19.2 Å². The molecule has 0 aliphatic heterocycles. The minimum atomic E-state index is -0.426. The third kappa shape index (κ3) is 11.3. The molecule has 0 saturated carbocycles. The molecule has 0 bridgehead atoms. The van der Waals surface area contributed by atoms with Gasteiger partial charge in [0.2, 0.25) is 0 Å². The summed E-state index contributed by atoms with van der Waals surface area (Å²) in [4.78, 5) is 22.5. The van der Waals surface area contributed by atoms with Gasteiger partial charge in [0, 0.05) is 6.07 Å². The van der Waals surface area contributed by atoms with Crippen LogP contribution in [0.4, 0.5) is 11.4 Å². The highest BCUT2D eigenvalue weighted by Gasteiger charge is 2.13. The Morgan fingerprint density at radius 3 is 2.00 bits per heavy atom. The molecule has 0 fully saturated rings. The van der Waals surface area contributed by atoms with Crippen molar-refractivity contribution in [1.29, 1.82) is 0 Å². The summed E-state index contributed by atoms with van der Waals surface area (Å²) in [6, 6.07) is 14.5. The first-order chi connectivity index (χ1) is 15.3. The normalized spacial score (nSPS) is 10.6. The maximum absolute atomic E-state index is 12.0. The molecule has 2 aromatic carbocycles. The summed E-state index contributed by atoms with van der Waals surface area (Å²) in [5, 5.41) is 11.0. The van der Waals surface area contributed by atoms with E-state index >= 15 is 0 Å². The Bertz CT molecular complexity index is 860. The summed E-state index contributed by atoms with van der Waals surface area (Å²) >= 11 is 0. The van der Waals surface area contributed by atoms with Crippen LogP contribution in [0.2, 0.25) is 0 Å². The van der Waals surface area contributed by atoms with Crippen molar-refractivity contribution in [3.8, 4) is 5.75 Å². The van der Waals surface area contributed by atoms with Crippen LogP contribution in [0.1, 0.15) is 58.9 Å². The van der Waals surface area contributed by atoms with Crippen LogP contribution in [0.15, 0.2) is 48.5 Å². The lowest BCUT2D eigenvalue weighted by Gasteiger charge is -2.23. The molecule has 0 aliphatic rings. The standard InChI is InChI=1S/C25H35N2O5.2CH4/c1-27(2,3)22-16-14-21(15-17-22)20-25(28)32-19-11-7-5-4-6-10-18-31-24-13-9-8-12-23(24)26(29)30;;/h8-9,12-17H,4-7,10-11,18-20H2,1-3H3;2*1H4/q+1;;. The van der Waals surface area contributed by atoms with Gasteiger partial charge in [-0.1, -0.05) is 64.8 Å². The van der Waals surface area contributed by atoms with Crippen molar-refractivity contribution in [1.82, 2.24) is 4.48 Å². The number of nitro benzene ring substituents is 1. The summed E-state index contributed by atoms with van der Waals surface area (Å²) in [5.41, 5.74) is 2.16. The van der Waals surface area contributed by atoms with Gasteiger partial charge in [-0.25, -0.2) is 0 Å². The third-order valence-electron chi connectivity index (χ3n) is 5.18. The molecule has 0 radical (unpaired) electrons. The van der Waals surface area contributed by atoms with Gasteiger partial charge in [0.1, 0.15) is 5.69 Å². The SMILES string of the molecule is C.C.C[N+](C)(C)c1ccc(CC(=O)OCCCCCCCCOc2ccccc2[N+](=O)[O-])cc1. The molecule has 0 aliphatic carbocycles. The monoisotopic (exact) mass is 475 g/mol. The van der Waals surface area contributed by atoms with Crippen LogP contribution in [-0.2, 0) is 16.0 Å². The molecule has 0 unspecified atom stereocenters. The lowest BCUT2D eigenvalue weighted by molar-refractivity contribution is -0.385. The van der Waals surface area contributed by atoms with Crippen LogP contribution in [0.5, 0.6) is 5.75 Å².